The number of benzene rings is 1. The van der Waals surface area contributed by atoms with Crippen molar-refractivity contribution >= 4 is 12.6 Å². The summed E-state index contributed by atoms with van der Waals surface area (Å²) in [7, 11) is 0. The van der Waals surface area contributed by atoms with Gasteiger partial charge in [-0.15, -0.1) is 12.6 Å². The van der Waals surface area contributed by atoms with E-state index in [0.717, 1.165) is 17.9 Å². The van der Waals surface area contributed by atoms with Gasteiger partial charge in [0.15, 0.2) is 0 Å². The molecule has 0 spiro atoms. The van der Waals surface area contributed by atoms with Crippen molar-refractivity contribution in [2.24, 2.45) is 5.92 Å². The number of hydrogen-bond acceptors (Lipinski definition) is 2. The van der Waals surface area contributed by atoms with Gasteiger partial charge in [0.2, 0.25) is 0 Å². The molecule has 0 aliphatic heterocycles. The first-order valence-corrected chi connectivity index (χ1v) is 5.98. The maximum atomic E-state index is 5.75. The van der Waals surface area contributed by atoms with Crippen LogP contribution in [0.3, 0.4) is 0 Å². The highest BCUT2D eigenvalue weighted by molar-refractivity contribution is 7.80. The lowest BCUT2D eigenvalue weighted by Gasteiger charge is -2.19. The van der Waals surface area contributed by atoms with Crippen molar-refractivity contribution < 1.29 is 4.74 Å². The van der Waals surface area contributed by atoms with Crippen LogP contribution in [-0.2, 0) is 4.74 Å². The van der Waals surface area contributed by atoms with Crippen molar-refractivity contribution in [1.29, 1.82) is 0 Å². The Hall–Kier alpha value is -0.470. The number of rotatable bonds is 5. The van der Waals surface area contributed by atoms with Crippen LogP contribution in [0.4, 0.5) is 0 Å². The van der Waals surface area contributed by atoms with Crippen LogP contribution in [0.25, 0.3) is 0 Å². The molecular weight excluding hydrogens is 204 g/mol. The van der Waals surface area contributed by atoms with Gasteiger partial charge >= 0.3 is 0 Å². The molecular formula is C13H20OS. The van der Waals surface area contributed by atoms with Crippen molar-refractivity contribution in [2.75, 3.05) is 6.61 Å². The molecule has 0 saturated carbocycles. The Bertz CT molecular complexity index is 279. The fourth-order valence-electron chi connectivity index (χ4n) is 1.62. The summed E-state index contributed by atoms with van der Waals surface area (Å²) in [5.74, 6) is 0.650. The molecule has 1 nitrogen and oxygen atoms in total. The second kappa shape index (κ2) is 6.19. The molecule has 0 unspecified atom stereocenters. The average molecular weight is 224 g/mol. The highest BCUT2D eigenvalue weighted by atomic mass is 32.1. The first-order chi connectivity index (χ1) is 7.13. The Kier molecular flexibility index (Phi) is 5.20. The molecule has 15 heavy (non-hydrogen) atoms. The van der Waals surface area contributed by atoms with Gasteiger partial charge in [-0.3, -0.25) is 0 Å². The quantitative estimate of drug-likeness (QED) is 0.741. The summed E-state index contributed by atoms with van der Waals surface area (Å²) in [6.07, 6.45) is 1.30. The monoisotopic (exact) mass is 224 g/mol. The van der Waals surface area contributed by atoms with Crippen LogP contribution in [0.2, 0.25) is 0 Å². The molecule has 84 valence electrons. The van der Waals surface area contributed by atoms with E-state index >= 15 is 0 Å². The maximum Gasteiger partial charge on any atom is 0.0827 e. The summed E-state index contributed by atoms with van der Waals surface area (Å²) >= 11 is 4.28. The van der Waals surface area contributed by atoms with Gasteiger partial charge in [0, 0.05) is 11.5 Å². The minimum absolute atomic E-state index is 0.226. The van der Waals surface area contributed by atoms with Crippen molar-refractivity contribution in [3.63, 3.8) is 0 Å². The molecule has 0 aliphatic rings. The van der Waals surface area contributed by atoms with Gasteiger partial charge in [0.05, 0.1) is 6.10 Å². The van der Waals surface area contributed by atoms with E-state index in [9.17, 15) is 0 Å². The molecule has 0 aromatic heterocycles. The number of thiol groups is 1. The third-order valence-electron chi connectivity index (χ3n) is 2.32. The molecule has 2 heteroatoms. The lowest BCUT2D eigenvalue weighted by molar-refractivity contribution is 0.0472. The van der Waals surface area contributed by atoms with Crippen molar-refractivity contribution in [2.45, 2.75) is 38.2 Å². The van der Waals surface area contributed by atoms with Crippen LogP contribution in [0.15, 0.2) is 29.2 Å². The van der Waals surface area contributed by atoms with Gasteiger partial charge in [-0.25, -0.2) is 0 Å². The van der Waals surface area contributed by atoms with Gasteiger partial charge in [-0.05, 0) is 37.0 Å². The molecule has 0 amide bonds. The van der Waals surface area contributed by atoms with Crippen LogP contribution in [0.1, 0.15) is 38.9 Å². The maximum absolute atomic E-state index is 5.75. The lowest BCUT2D eigenvalue weighted by Crippen LogP contribution is -2.07. The van der Waals surface area contributed by atoms with Gasteiger partial charge in [0.25, 0.3) is 0 Å². The van der Waals surface area contributed by atoms with E-state index in [2.05, 4.69) is 38.6 Å². The van der Waals surface area contributed by atoms with Crippen LogP contribution < -0.4 is 0 Å². The van der Waals surface area contributed by atoms with E-state index in [0.29, 0.717) is 5.92 Å². The first-order valence-electron chi connectivity index (χ1n) is 5.54. The van der Waals surface area contributed by atoms with Crippen LogP contribution in [-0.4, -0.2) is 6.61 Å². The van der Waals surface area contributed by atoms with Crippen LogP contribution >= 0.6 is 12.6 Å². The molecule has 0 fully saturated rings. The summed E-state index contributed by atoms with van der Waals surface area (Å²) in [5, 5.41) is 0. The Morgan fingerprint density at radius 2 is 1.80 bits per heavy atom. The van der Waals surface area contributed by atoms with Gasteiger partial charge in [-0.1, -0.05) is 26.0 Å². The number of ether oxygens (including phenoxy) is 1. The molecule has 1 atom stereocenters. The molecule has 1 aromatic carbocycles. The second-order valence-corrected chi connectivity index (χ2v) is 4.68. The fraction of sp³-hybridized carbons (Fsp3) is 0.538. The van der Waals surface area contributed by atoms with Crippen molar-refractivity contribution in [3.05, 3.63) is 29.8 Å². The SMILES string of the molecule is CCO[C@H](CC(C)C)c1ccc(S)cc1. The van der Waals surface area contributed by atoms with Crippen molar-refractivity contribution in [1.82, 2.24) is 0 Å². The van der Waals surface area contributed by atoms with E-state index in [1.165, 1.54) is 5.56 Å². The molecule has 0 N–H and O–H groups in total. The third kappa shape index (κ3) is 4.27. The first kappa shape index (κ1) is 12.6. The normalized spacial score (nSPS) is 13.1. The zero-order valence-electron chi connectivity index (χ0n) is 9.73. The molecule has 0 bridgehead atoms. The summed E-state index contributed by atoms with van der Waals surface area (Å²) in [6, 6.07) is 8.24. The van der Waals surface area contributed by atoms with Crippen LogP contribution in [0, 0.1) is 5.92 Å². The summed E-state index contributed by atoms with van der Waals surface area (Å²) in [4.78, 5) is 0.999. The third-order valence-corrected chi connectivity index (χ3v) is 2.62. The zero-order chi connectivity index (χ0) is 11.3. The van der Waals surface area contributed by atoms with Gasteiger partial charge in [-0.2, -0.15) is 0 Å². The predicted octanol–water partition coefficient (Wildman–Crippen LogP) is 4.10. The Labute approximate surface area is 98.3 Å². The minimum Gasteiger partial charge on any atom is -0.374 e. The van der Waals surface area contributed by atoms with Crippen molar-refractivity contribution in [3.8, 4) is 0 Å². The highest BCUT2D eigenvalue weighted by Gasteiger charge is 2.12. The Morgan fingerprint density at radius 1 is 1.20 bits per heavy atom. The smallest absolute Gasteiger partial charge is 0.0827 e. The van der Waals surface area contributed by atoms with E-state index in [-0.39, 0.29) is 6.10 Å². The summed E-state index contributed by atoms with van der Waals surface area (Å²) in [6.45, 7) is 7.25. The largest absolute Gasteiger partial charge is 0.374 e. The standard InChI is InChI=1S/C13H20OS/c1-4-14-13(9-10(2)3)11-5-7-12(15)8-6-11/h5-8,10,13,15H,4,9H2,1-3H3/t13-/m1/s1. The molecule has 1 rings (SSSR count). The summed E-state index contributed by atoms with van der Waals surface area (Å²) in [5.41, 5.74) is 1.25. The zero-order valence-corrected chi connectivity index (χ0v) is 10.6. The highest BCUT2D eigenvalue weighted by Crippen LogP contribution is 2.25. The topological polar surface area (TPSA) is 9.23 Å². The van der Waals surface area contributed by atoms with E-state index in [1.54, 1.807) is 0 Å². The van der Waals surface area contributed by atoms with E-state index in [4.69, 9.17) is 4.74 Å². The van der Waals surface area contributed by atoms with Gasteiger partial charge < -0.3 is 4.74 Å². The number of hydrogen-bond donors (Lipinski definition) is 1. The Balaban J connectivity index is 2.74. The molecule has 0 heterocycles. The molecule has 0 saturated heterocycles. The minimum atomic E-state index is 0.226. The van der Waals surface area contributed by atoms with E-state index in [1.807, 2.05) is 19.1 Å². The summed E-state index contributed by atoms with van der Waals surface area (Å²) < 4.78 is 5.75. The Morgan fingerprint density at radius 3 is 2.27 bits per heavy atom. The fourth-order valence-corrected chi connectivity index (χ4v) is 1.77. The molecule has 0 aliphatic carbocycles. The second-order valence-electron chi connectivity index (χ2n) is 4.17. The molecule has 1 aromatic rings. The lowest BCUT2D eigenvalue weighted by atomic mass is 9.99. The predicted molar refractivity (Wildman–Crippen MR) is 67.5 cm³/mol. The van der Waals surface area contributed by atoms with Crippen LogP contribution in [0.5, 0.6) is 0 Å². The molecule has 0 radical (unpaired) electrons. The average Bonchev–Trinajstić information content (AvgIpc) is 2.17. The van der Waals surface area contributed by atoms with E-state index < -0.39 is 0 Å². The van der Waals surface area contributed by atoms with Gasteiger partial charge in [0.1, 0.15) is 0 Å².